The molecule has 5 nitrogen and oxygen atoms in total. The standard InChI is InChI=1S/C16H19ClN4OS/c1-12-11-15(17)19-16(18-12)20-7-9-21(10-8-20)23-14-5-3-13(22-2)4-6-14/h3-6,11H,7-10H2,1-2H3. The first kappa shape index (κ1) is 16.4. The van der Waals surface area contributed by atoms with Crippen molar-refractivity contribution in [3.63, 3.8) is 0 Å². The van der Waals surface area contributed by atoms with Crippen LogP contribution >= 0.6 is 23.5 Å². The van der Waals surface area contributed by atoms with Gasteiger partial charge in [0, 0.05) is 36.8 Å². The van der Waals surface area contributed by atoms with E-state index in [1.807, 2.05) is 19.1 Å². The summed E-state index contributed by atoms with van der Waals surface area (Å²) in [6.45, 7) is 5.62. The van der Waals surface area contributed by atoms with E-state index in [-0.39, 0.29) is 0 Å². The second kappa shape index (κ2) is 7.38. The third-order valence-electron chi connectivity index (χ3n) is 3.63. The SMILES string of the molecule is COc1ccc(SN2CCN(c3nc(C)cc(Cl)n3)CC2)cc1. The van der Waals surface area contributed by atoms with Gasteiger partial charge in [-0.2, -0.15) is 0 Å². The summed E-state index contributed by atoms with van der Waals surface area (Å²) in [5.41, 5.74) is 0.898. The van der Waals surface area contributed by atoms with Gasteiger partial charge in [0.2, 0.25) is 5.95 Å². The van der Waals surface area contributed by atoms with E-state index in [2.05, 4.69) is 31.3 Å². The molecule has 1 saturated heterocycles. The summed E-state index contributed by atoms with van der Waals surface area (Å²) in [7, 11) is 1.68. The van der Waals surface area contributed by atoms with Crippen LogP contribution < -0.4 is 9.64 Å². The molecule has 2 heterocycles. The van der Waals surface area contributed by atoms with Crippen LogP contribution in [0.1, 0.15) is 5.69 Å². The Hall–Kier alpha value is -1.50. The van der Waals surface area contributed by atoms with Crippen LogP contribution in [0.2, 0.25) is 5.15 Å². The normalized spacial score (nSPS) is 15.7. The molecular weight excluding hydrogens is 332 g/mol. The van der Waals surface area contributed by atoms with Crippen molar-refractivity contribution in [2.24, 2.45) is 0 Å². The van der Waals surface area contributed by atoms with Crippen molar-refractivity contribution < 1.29 is 4.74 Å². The summed E-state index contributed by atoms with van der Waals surface area (Å²) in [5, 5.41) is 0.502. The molecule has 122 valence electrons. The van der Waals surface area contributed by atoms with Gasteiger partial charge in [-0.15, -0.1) is 0 Å². The van der Waals surface area contributed by atoms with Crippen molar-refractivity contribution in [1.29, 1.82) is 0 Å². The fraction of sp³-hybridized carbons (Fsp3) is 0.375. The molecule has 23 heavy (non-hydrogen) atoms. The second-order valence-electron chi connectivity index (χ2n) is 5.31. The average Bonchev–Trinajstić information content (AvgIpc) is 2.55. The Morgan fingerprint density at radius 1 is 1.09 bits per heavy atom. The highest BCUT2D eigenvalue weighted by Gasteiger charge is 2.20. The van der Waals surface area contributed by atoms with Crippen molar-refractivity contribution in [1.82, 2.24) is 14.3 Å². The predicted molar refractivity (Wildman–Crippen MR) is 94.4 cm³/mol. The second-order valence-corrected chi connectivity index (χ2v) is 6.87. The van der Waals surface area contributed by atoms with Gasteiger partial charge in [-0.25, -0.2) is 14.3 Å². The van der Waals surface area contributed by atoms with E-state index in [0.717, 1.165) is 43.6 Å². The number of ether oxygens (including phenoxy) is 1. The molecule has 0 N–H and O–H groups in total. The summed E-state index contributed by atoms with van der Waals surface area (Å²) in [4.78, 5) is 12.2. The highest BCUT2D eigenvalue weighted by atomic mass is 35.5. The van der Waals surface area contributed by atoms with Crippen molar-refractivity contribution in [2.75, 3.05) is 38.2 Å². The lowest BCUT2D eigenvalue weighted by Crippen LogP contribution is -2.44. The van der Waals surface area contributed by atoms with Gasteiger partial charge in [-0.3, -0.25) is 0 Å². The summed E-state index contributed by atoms with van der Waals surface area (Å²) in [6.07, 6.45) is 0. The number of benzene rings is 1. The molecule has 1 aromatic heterocycles. The molecule has 3 rings (SSSR count). The zero-order valence-electron chi connectivity index (χ0n) is 13.2. The Bertz CT molecular complexity index is 639. The maximum absolute atomic E-state index is 6.03. The maximum Gasteiger partial charge on any atom is 0.227 e. The number of aryl methyl sites for hydroxylation is 1. The molecule has 0 aliphatic carbocycles. The van der Waals surface area contributed by atoms with Gasteiger partial charge in [-0.05, 0) is 49.2 Å². The van der Waals surface area contributed by atoms with Crippen LogP contribution in [0, 0.1) is 6.92 Å². The summed E-state index contributed by atoms with van der Waals surface area (Å²) in [5.74, 6) is 1.61. The fourth-order valence-electron chi connectivity index (χ4n) is 2.42. The fourth-order valence-corrected chi connectivity index (χ4v) is 3.56. The lowest BCUT2D eigenvalue weighted by Gasteiger charge is -2.33. The number of hydrogen-bond acceptors (Lipinski definition) is 6. The number of nitrogens with zero attached hydrogens (tertiary/aromatic N) is 4. The van der Waals surface area contributed by atoms with Gasteiger partial charge in [0.1, 0.15) is 10.9 Å². The first-order chi connectivity index (χ1) is 11.1. The number of anilines is 1. The van der Waals surface area contributed by atoms with Crippen molar-refractivity contribution in [3.05, 3.63) is 41.2 Å². The molecule has 7 heteroatoms. The van der Waals surface area contributed by atoms with Gasteiger partial charge in [-0.1, -0.05) is 11.6 Å². The smallest absolute Gasteiger partial charge is 0.227 e. The Kier molecular flexibility index (Phi) is 5.25. The van der Waals surface area contributed by atoms with Crippen LogP contribution in [-0.4, -0.2) is 47.6 Å². The number of rotatable bonds is 4. The molecule has 0 spiro atoms. The van der Waals surface area contributed by atoms with E-state index < -0.39 is 0 Å². The van der Waals surface area contributed by atoms with E-state index in [4.69, 9.17) is 16.3 Å². The summed E-state index contributed by atoms with van der Waals surface area (Å²) in [6, 6.07) is 9.92. The third kappa shape index (κ3) is 4.28. The minimum absolute atomic E-state index is 0.502. The molecule has 0 saturated carbocycles. The molecule has 2 aromatic rings. The molecule has 0 bridgehead atoms. The van der Waals surface area contributed by atoms with E-state index in [1.54, 1.807) is 25.1 Å². The molecule has 1 fully saturated rings. The van der Waals surface area contributed by atoms with E-state index in [9.17, 15) is 0 Å². The first-order valence-corrected chi connectivity index (χ1v) is 8.62. The highest BCUT2D eigenvalue weighted by molar-refractivity contribution is 7.97. The molecule has 1 aromatic carbocycles. The van der Waals surface area contributed by atoms with Crippen molar-refractivity contribution in [2.45, 2.75) is 11.8 Å². The third-order valence-corrected chi connectivity index (χ3v) is 4.93. The molecule has 0 unspecified atom stereocenters. The van der Waals surface area contributed by atoms with Crippen molar-refractivity contribution >= 4 is 29.5 Å². The molecule has 1 aliphatic heterocycles. The van der Waals surface area contributed by atoms with Crippen LogP contribution in [0.3, 0.4) is 0 Å². The van der Waals surface area contributed by atoms with Crippen molar-refractivity contribution in [3.8, 4) is 5.75 Å². The summed E-state index contributed by atoms with van der Waals surface area (Å²) >= 11 is 7.80. The molecule has 0 atom stereocenters. The monoisotopic (exact) mass is 350 g/mol. The van der Waals surface area contributed by atoms with Crippen LogP contribution in [0.5, 0.6) is 5.75 Å². The predicted octanol–water partition coefficient (Wildman–Crippen LogP) is 3.28. The van der Waals surface area contributed by atoms with Crippen LogP contribution in [0.4, 0.5) is 5.95 Å². The molecule has 0 radical (unpaired) electrons. The Labute approximate surface area is 145 Å². The quantitative estimate of drug-likeness (QED) is 0.622. The highest BCUT2D eigenvalue weighted by Crippen LogP contribution is 2.26. The zero-order valence-corrected chi connectivity index (χ0v) is 14.8. The Balaban J connectivity index is 1.57. The van der Waals surface area contributed by atoms with Crippen LogP contribution in [0.15, 0.2) is 35.2 Å². The lowest BCUT2D eigenvalue weighted by molar-refractivity contribution is 0.414. The number of hydrogen-bond donors (Lipinski definition) is 0. The minimum Gasteiger partial charge on any atom is -0.497 e. The first-order valence-electron chi connectivity index (χ1n) is 7.47. The summed E-state index contributed by atoms with van der Waals surface area (Å²) < 4.78 is 7.54. The van der Waals surface area contributed by atoms with E-state index in [1.165, 1.54) is 4.90 Å². The number of methoxy groups -OCH3 is 1. The van der Waals surface area contributed by atoms with Gasteiger partial charge in [0.05, 0.1) is 7.11 Å². The lowest BCUT2D eigenvalue weighted by atomic mass is 10.3. The molecule has 0 amide bonds. The zero-order chi connectivity index (χ0) is 16.2. The largest absolute Gasteiger partial charge is 0.497 e. The number of piperazine rings is 1. The number of halogens is 1. The molecule has 1 aliphatic rings. The van der Waals surface area contributed by atoms with Gasteiger partial charge < -0.3 is 9.64 Å². The van der Waals surface area contributed by atoms with Gasteiger partial charge >= 0.3 is 0 Å². The maximum atomic E-state index is 6.03. The topological polar surface area (TPSA) is 41.5 Å². The van der Waals surface area contributed by atoms with Crippen LogP contribution in [0.25, 0.3) is 0 Å². The van der Waals surface area contributed by atoms with Gasteiger partial charge in [0.25, 0.3) is 0 Å². The molecular formula is C16H19ClN4OS. The average molecular weight is 351 g/mol. The minimum atomic E-state index is 0.502. The number of aromatic nitrogens is 2. The van der Waals surface area contributed by atoms with Crippen LogP contribution in [-0.2, 0) is 0 Å². The Morgan fingerprint density at radius 3 is 2.39 bits per heavy atom. The van der Waals surface area contributed by atoms with E-state index >= 15 is 0 Å². The van der Waals surface area contributed by atoms with Gasteiger partial charge in [0.15, 0.2) is 0 Å². The Morgan fingerprint density at radius 2 is 1.78 bits per heavy atom. The van der Waals surface area contributed by atoms with E-state index in [0.29, 0.717) is 5.15 Å².